The van der Waals surface area contributed by atoms with Gasteiger partial charge in [0.25, 0.3) is 11.8 Å². The fourth-order valence-corrected chi connectivity index (χ4v) is 5.97. The highest BCUT2D eigenvalue weighted by atomic mass is 35.5. The van der Waals surface area contributed by atoms with Gasteiger partial charge in [0.05, 0.1) is 49.1 Å². The number of methoxy groups -OCH3 is 2. The van der Waals surface area contributed by atoms with Crippen molar-refractivity contribution in [2.45, 2.75) is 32.1 Å². The number of amides is 3. The molecule has 0 radical (unpaired) electrons. The molecule has 18 heteroatoms. The Kier molecular flexibility index (Phi) is 13.4. The Morgan fingerprint density at radius 2 is 1.30 bits per heavy atom. The van der Waals surface area contributed by atoms with Crippen LogP contribution in [-0.2, 0) is 10.2 Å². The summed E-state index contributed by atoms with van der Waals surface area (Å²) in [6.07, 6.45) is 4.08. The minimum absolute atomic E-state index is 0.0175. The Morgan fingerprint density at radius 3 is 1.86 bits per heavy atom. The van der Waals surface area contributed by atoms with Crippen LogP contribution in [-0.4, -0.2) is 66.0 Å². The van der Waals surface area contributed by atoms with Crippen LogP contribution in [0, 0.1) is 0 Å². The molecule has 0 saturated carbocycles. The fraction of sp³-hybridized carbons (Fsp3) is 0.237. The number of anilines is 7. The first-order valence-corrected chi connectivity index (χ1v) is 18.1. The van der Waals surface area contributed by atoms with Crippen molar-refractivity contribution in [1.82, 2.24) is 30.6 Å². The molecule has 0 atom stereocenters. The van der Waals surface area contributed by atoms with E-state index >= 15 is 0 Å². The Morgan fingerprint density at radius 1 is 0.750 bits per heavy atom. The van der Waals surface area contributed by atoms with Crippen molar-refractivity contribution in [2.75, 3.05) is 49.6 Å². The second-order valence-electron chi connectivity index (χ2n) is 12.8. The second-order valence-corrected chi connectivity index (χ2v) is 13.9. The van der Waals surface area contributed by atoms with Crippen LogP contribution < -0.4 is 41.4 Å². The fourth-order valence-electron chi connectivity index (χ4n) is 5.56. The molecule has 0 saturated heterocycles. The van der Waals surface area contributed by atoms with E-state index in [0.29, 0.717) is 63.0 Å². The lowest BCUT2D eigenvalue weighted by Gasteiger charge is -2.25. The number of halogens is 3. The lowest BCUT2D eigenvalue weighted by atomic mass is 9.80. The van der Waals surface area contributed by atoms with Crippen molar-refractivity contribution in [1.29, 1.82) is 0 Å². The number of nitrogens with one attached hydrogen (secondary N) is 6. The molecule has 1 aliphatic heterocycles. The molecule has 1 aliphatic rings. The second kappa shape index (κ2) is 18.2. The largest absolute Gasteiger partial charge is 0.497 e. The molecule has 0 aliphatic carbocycles. The van der Waals surface area contributed by atoms with E-state index in [9.17, 15) is 14.4 Å². The molecule has 0 bridgehead atoms. The zero-order valence-electron chi connectivity index (χ0n) is 31.2. The predicted molar refractivity (Wildman–Crippen MR) is 219 cm³/mol. The Hall–Kier alpha value is -5.90. The van der Waals surface area contributed by atoms with Gasteiger partial charge in [0, 0.05) is 31.9 Å². The first kappa shape index (κ1) is 41.3. The van der Waals surface area contributed by atoms with Gasteiger partial charge >= 0.3 is 0 Å². The summed E-state index contributed by atoms with van der Waals surface area (Å²) in [6.45, 7) is 4.24. The van der Waals surface area contributed by atoms with E-state index in [-0.39, 0.29) is 33.4 Å². The Bertz CT molecular complexity index is 2270. The van der Waals surface area contributed by atoms with Crippen molar-refractivity contribution in [2.24, 2.45) is 0 Å². The highest BCUT2D eigenvalue weighted by Gasteiger charge is 2.29. The SMILES string of the molecule is CNC(=O)c1cc(OC)ccc1Nc1nc(Cl)ncc1Cl.CNC(=O)c1cc(OC)ccc1Nc1nc(Nc2ccc3c(c2)C(C)(C)CCC(=O)N3)ncc1Cl. The molecule has 3 aromatic carbocycles. The molecule has 5 aromatic rings. The van der Waals surface area contributed by atoms with Crippen molar-refractivity contribution in [3.05, 3.63) is 99.0 Å². The van der Waals surface area contributed by atoms with Crippen LogP contribution >= 0.6 is 34.8 Å². The molecular formula is C38H39Cl3N10O5. The number of aromatic nitrogens is 4. The van der Waals surface area contributed by atoms with Gasteiger partial charge in [-0.2, -0.15) is 9.97 Å². The molecule has 3 heterocycles. The molecule has 6 N–H and O–H groups in total. The topological polar surface area (TPSA) is 193 Å². The zero-order valence-corrected chi connectivity index (χ0v) is 33.5. The number of nitrogens with zero attached hydrogens (tertiary/aromatic N) is 4. The number of ether oxygens (including phenoxy) is 2. The number of carbonyl (C=O) groups excluding carboxylic acids is 3. The summed E-state index contributed by atoms with van der Waals surface area (Å²) in [6, 6.07) is 15.8. The van der Waals surface area contributed by atoms with Crippen molar-refractivity contribution in [3.8, 4) is 11.5 Å². The summed E-state index contributed by atoms with van der Waals surface area (Å²) < 4.78 is 10.4. The highest BCUT2D eigenvalue weighted by molar-refractivity contribution is 6.34. The molecule has 6 rings (SSSR count). The normalized spacial score (nSPS) is 12.7. The maximum absolute atomic E-state index is 12.4. The number of rotatable bonds is 10. The molecule has 15 nitrogen and oxygen atoms in total. The van der Waals surface area contributed by atoms with Gasteiger partial charge in [0.15, 0.2) is 11.6 Å². The van der Waals surface area contributed by atoms with Crippen LogP contribution in [0.2, 0.25) is 15.3 Å². The third-order valence-corrected chi connectivity index (χ3v) is 9.35. The van der Waals surface area contributed by atoms with E-state index in [1.165, 1.54) is 26.6 Å². The van der Waals surface area contributed by atoms with Gasteiger partial charge in [-0.15, -0.1) is 0 Å². The van der Waals surface area contributed by atoms with Gasteiger partial charge in [-0.1, -0.05) is 37.0 Å². The summed E-state index contributed by atoms with van der Waals surface area (Å²) in [4.78, 5) is 52.9. The molecule has 0 fully saturated rings. The maximum atomic E-state index is 12.4. The number of hydrogen-bond acceptors (Lipinski definition) is 12. The average molecular weight is 822 g/mol. The summed E-state index contributed by atoms with van der Waals surface area (Å²) in [5, 5.41) is 18.1. The average Bonchev–Trinajstić information content (AvgIpc) is 3.31. The van der Waals surface area contributed by atoms with Crippen LogP contribution in [0.25, 0.3) is 0 Å². The molecule has 0 unspecified atom stereocenters. The molecule has 292 valence electrons. The van der Waals surface area contributed by atoms with Crippen LogP contribution in [0.4, 0.5) is 40.3 Å². The Balaban J connectivity index is 0.000000244. The molecule has 56 heavy (non-hydrogen) atoms. The standard InChI is InChI=1S/C25H27ClN6O3.C13H12Cl2N4O2/c1-25(2)10-9-21(33)30-20-7-5-14(11-17(20)25)29-24-28-13-18(26)22(32-24)31-19-8-6-15(35-4)12-16(19)23(34)27-3;1-16-12(20)8-5-7(21-2)3-4-10(8)18-11-9(14)6-17-13(15)19-11/h5-8,11-13H,9-10H2,1-4H3,(H,27,34)(H,30,33)(H2,28,29,31,32);3-6H,1-2H3,(H,16,20)(H,17,18,19). The lowest BCUT2D eigenvalue weighted by Crippen LogP contribution is -2.19. The van der Waals surface area contributed by atoms with Crippen molar-refractivity contribution >= 4 is 92.9 Å². The number of benzene rings is 3. The first-order valence-electron chi connectivity index (χ1n) is 17.0. The maximum Gasteiger partial charge on any atom is 0.253 e. The van der Waals surface area contributed by atoms with Crippen molar-refractivity contribution < 1.29 is 23.9 Å². The summed E-state index contributed by atoms with van der Waals surface area (Å²) in [5.74, 6) is 1.54. The number of hydrogen-bond donors (Lipinski definition) is 6. The van der Waals surface area contributed by atoms with Crippen LogP contribution in [0.3, 0.4) is 0 Å². The van der Waals surface area contributed by atoms with E-state index < -0.39 is 0 Å². The van der Waals surface area contributed by atoms with E-state index in [0.717, 1.165) is 23.4 Å². The third kappa shape index (κ3) is 10.0. The van der Waals surface area contributed by atoms with E-state index in [1.54, 1.807) is 50.5 Å². The van der Waals surface area contributed by atoms with Crippen LogP contribution in [0.15, 0.2) is 67.0 Å². The summed E-state index contributed by atoms with van der Waals surface area (Å²) in [5.41, 5.74) is 4.25. The first-order chi connectivity index (χ1) is 26.7. The van der Waals surface area contributed by atoms with Crippen molar-refractivity contribution in [3.63, 3.8) is 0 Å². The minimum atomic E-state index is -0.283. The quantitative estimate of drug-likeness (QED) is 0.0748. The van der Waals surface area contributed by atoms with Gasteiger partial charge in [-0.3, -0.25) is 14.4 Å². The highest BCUT2D eigenvalue weighted by Crippen LogP contribution is 2.39. The Labute approximate surface area is 338 Å². The zero-order chi connectivity index (χ0) is 40.6. The molecule has 3 amide bonds. The monoisotopic (exact) mass is 820 g/mol. The third-order valence-electron chi connectivity index (χ3n) is 8.62. The van der Waals surface area contributed by atoms with Crippen LogP contribution in [0.5, 0.6) is 11.5 Å². The lowest BCUT2D eigenvalue weighted by molar-refractivity contribution is -0.116. The summed E-state index contributed by atoms with van der Waals surface area (Å²) in [7, 11) is 6.16. The summed E-state index contributed by atoms with van der Waals surface area (Å²) >= 11 is 18.1. The van der Waals surface area contributed by atoms with E-state index in [4.69, 9.17) is 44.3 Å². The minimum Gasteiger partial charge on any atom is -0.497 e. The van der Waals surface area contributed by atoms with Crippen LogP contribution in [0.1, 0.15) is 53.0 Å². The smallest absolute Gasteiger partial charge is 0.253 e. The number of fused-ring (bicyclic) bond motifs is 1. The number of carbonyl (C=O) groups is 3. The van der Waals surface area contributed by atoms with Gasteiger partial charge in [0.1, 0.15) is 21.5 Å². The molecular weight excluding hydrogens is 783 g/mol. The molecule has 0 spiro atoms. The molecule has 2 aromatic heterocycles. The van der Waals surface area contributed by atoms with Gasteiger partial charge < -0.3 is 41.4 Å². The van der Waals surface area contributed by atoms with Gasteiger partial charge in [-0.05, 0) is 83.6 Å². The van der Waals surface area contributed by atoms with E-state index in [1.807, 2.05) is 18.2 Å². The van der Waals surface area contributed by atoms with E-state index in [2.05, 4.69) is 65.7 Å². The van der Waals surface area contributed by atoms with Gasteiger partial charge in [0.2, 0.25) is 17.1 Å². The van der Waals surface area contributed by atoms with Gasteiger partial charge in [-0.25, -0.2) is 9.97 Å². The predicted octanol–water partition coefficient (Wildman–Crippen LogP) is 7.89.